The lowest BCUT2D eigenvalue weighted by Gasteiger charge is -2.33. The third-order valence-electron chi connectivity index (χ3n) is 7.99. The van der Waals surface area contributed by atoms with Crippen LogP contribution in [0.15, 0.2) is 79.4 Å². The highest BCUT2D eigenvalue weighted by Crippen LogP contribution is 2.46. The molecule has 3 aromatic rings. The first kappa shape index (κ1) is 24.3. The van der Waals surface area contributed by atoms with Gasteiger partial charge in [-0.2, -0.15) is 0 Å². The highest BCUT2D eigenvalue weighted by atomic mass is 31.1. The predicted octanol–water partition coefficient (Wildman–Crippen LogP) is 9.61. The fourth-order valence-electron chi connectivity index (χ4n) is 5.94. The highest BCUT2D eigenvalue weighted by Gasteiger charge is 2.26. The number of ether oxygens (including phenoxy) is 1. The molecule has 0 heterocycles. The monoisotopic (exact) mass is 482 g/mol. The first-order valence-corrected chi connectivity index (χ1v) is 14.7. The SMILES string of the molecule is C=Cc1ccc(COc2ccc(-c3ccccc3C3CCC(PC4CCCCC4)CC3)cc2)cc1. The van der Waals surface area contributed by atoms with E-state index in [2.05, 4.69) is 79.4 Å². The average molecular weight is 483 g/mol. The number of rotatable bonds is 8. The van der Waals surface area contributed by atoms with Crippen LogP contribution in [-0.2, 0) is 6.61 Å². The Bertz CT molecular complexity index is 1070. The summed E-state index contributed by atoms with van der Waals surface area (Å²) in [6.45, 7) is 4.40. The van der Waals surface area contributed by atoms with E-state index in [1.54, 1.807) is 5.56 Å². The Morgan fingerprint density at radius 2 is 1.43 bits per heavy atom. The van der Waals surface area contributed by atoms with Crippen molar-refractivity contribution < 1.29 is 4.74 Å². The molecule has 2 fully saturated rings. The van der Waals surface area contributed by atoms with Crippen LogP contribution in [0.25, 0.3) is 17.2 Å². The molecular weight excluding hydrogens is 443 g/mol. The van der Waals surface area contributed by atoms with Crippen LogP contribution in [-0.4, -0.2) is 11.3 Å². The van der Waals surface area contributed by atoms with Crippen LogP contribution in [0, 0.1) is 0 Å². The molecule has 1 nitrogen and oxygen atoms in total. The van der Waals surface area contributed by atoms with Crippen molar-refractivity contribution in [2.45, 2.75) is 81.6 Å². The maximum absolute atomic E-state index is 6.05. The van der Waals surface area contributed by atoms with Crippen molar-refractivity contribution in [3.05, 3.63) is 96.1 Å². The molecule has 2 saturated carbocycles. The maximum atomic E-state index is 6.05. The third-order valence-corrected chi connectivity index (χ3v) is 10.1. The van der Waals surface area contributed by atoms with Gasteiger partial charge in [0.05, 0.1) is 0 Å². The fourth-order valence-corrected chi connectivity index (χ4v) is 8.01. The standard InChI is InChI=1S/C33H39OP/c1-2-25-12-14-26(15-13-25)24-34-29-20-16-27(17-21-29)32-10-6-7-11-33(32)28-18-22-31(23-19-28)35-30-8-4-3-5-9-30/h2,6-7,10-17,20-21,28,30-31,35H,1,3-5,8-9,18-19,22-24H2. The minimum Gasteiger partial charge on any atom is -0.489 e. The lowest BCUT2D eigenvalue weighted by molar-refractivity contribution is 0.306. The van der Waals surface area contributed by atoms with E-state index >= 15 is 0 Å². The molecule has 1 unspecified atom stereocenters. The van der Waals surface area contributed by atoms with Gasteiger partial charge in [-0.3, -0.25) is 0 Å². The lowest BCUT2D eigenvalue weighted by atomic mass is 9.80. The summed E-state index contributed by atoms with van der Waals surface area (Å²) in [5.41, 5.74) is 8.59. The number of hydrogen-bond acceptors (Lipinski definition) is 1. The van der Waals surface area contributed by atoms with Crippen LogP contribution in [0.1, 0.15) is 80.4 Å². The minimum absolute atomic E-state index is 0.581. The fraction of sp³-hybridized carbons (Fsp3) is 0.394. The van der Waals surface area contributed by atoms with Gasteiger partial charge < -0.3 is 4.74 Å². The quantitative estimate of drug-likeness (QED) is 0.290. The van der Waals surface area contributed by atoms with E-state index in [0.29, 0.717) is 12.5 Å². The molecule has 2 heteroatoms. The van der Waals surface area contributed by atoms with Crippen LogP contribution >= 0.6 is 8.58 Å². The molecule has 5 rings (SSSR count). The van der Waals surface area contributed by atoms with Crippen LogP contribution in [0.5, 0.6) is 5.75 Å². The largest absolute Gasteiger partial charge is 0.489 e. The summed E-state index contributed by atoms with van der Waals surface area (Å²) in [5.74, 6) is 1.62. The van der Waals surface area contributed by atoms with Gasteiger partial charge in [-0.25, -0.2) is 0 Å². The van der Waals surface area contributed by atoms with Crippen molar-refractivity contribution in [3.63, 3.8) is 0 Å². The summed E-state index contributed by atoms with van der Waals surface area (Å²) < 4.78 is 6.05. The topological polar surface area (TPSA) is 9.23 Å². The van der Waals surface area contributed by atoms with E-state index in [-0.39, 0.29) is 0 Å². The highest BCUT2D eigenvalue weighted by molar-refractivity contribution is 7.39. The second-order valence-electron chi connectivity index (χ2n) is 10.4. The molecule has 3 aromatic carbocycles. The summed E-state index contributed by atoms with van der Waals surface area (Å²) in [5, 5.41) is 0. The van der Waals surface area contributed by atoms with Crippen molar-refractivity contribution in [1.82, 2.24) is 0 Å². The van der Waals surface area contributed by atoms with Crippen LogP contribution in [0.4, 0.5) is 0 Å². The summed E-state index contributed by atoms with van der Waals surface area (Å²) in [4.78, 5) is 0. The van der Waals surface area contributed by atoms with E-state index < -0.39 is 0 Å². The first-order chi connectivity index (χ1) is 17.3. The Morgan fingerprint density at radius 1 is 0.743 bits per heavy atom. The van der Waals surface area contributed by atoms with Gasteiger partial charge in [0.15, 0.2) is 0 Å². The van der Waals surface area contributed by atoms with Crippen LogP contribution in [0.3, 0.4) is 0 Å². The van der Waals surface area contributed by atoms with Gasteiger partial charge in [-0.05, 0) is 95.7 Å². The molecule has 0 aliphatic heterocycles. The van der Waals surface area contributed by atoms with Crippen LogP contribution in [0.2, 0.25) is 0 Å². The Hall–Kier alpha value is -2.37. The number of hydrogen-bond donors (Lipinski definition) is 0. The summed E-state index contributed by atoms with van der Waals surface area (Å²) >= 11 is 0. The van der Waals surface area contributed by atoms with Gasteiger partial charge in [0.1, 0.15) is 12.4 Å². The molecule has 0 amide bonds. The van der Waals surface area contributed by atoms with E-state index in [9.17, 15) is 0 Å². The van der Waals surface area contributed by atoms with E-state index in [1.165, 1.54) is 83.1 Å². The predicted molar refractivity (Wildman–Crippen MR) is 153 cm³/mol. The molecule has 2 aliphatic rings. The number of benzene rings is 3. The summed E-state index contributed by atoms with van der Waals surface area (Å²) in [7, 11) is 1.22. The van der Waals surface area contributed by atoms with Gasteiger partial charge in [-0.15, -0.1) is 8.58 Å². The molecule has 2 aliphatic carbocycles. The van der Waals surface area contributed by atoms with Gasteiger partial charge >= 0.3 is 0 Å². The van der Waals surface area contributed by atoms with Crippen molar-refractivity contribution in [2.24, 2.45) is 0 Å². The average Bonchev–Trinajstić information content (AvgIpc) is 2.93. The molecule has 0 saturated heterocycles. The summed E-state index contributed by atoms with van der Waals surface area (Å²) in [6.07, 6.45) is 14.9. The van der Waals surface area contributed by atoms with Gasteiger partial charge in [0, 0.05) is 0 Å². The van der Waals surface area contributed by atoms with E-state index in [0.717, 1.165) is 22.6 Å². The Kier molecular flexibility index (Phi) is 8.37. The van der Waals surface area contributed by atoms with E-state index in [1.807, 2.05) is 6.08 Å². The Labute approximate surface area is 213 Å². The summed E-state index contributed by atoms with van der Waals surface area (Å²) in [6, 6.07) is 26.2. The second-order valence-corrected chi connectivity index (χ2v) is 12.4. The molecule has 0 N–H and O–H groups in total. The molecule has 0 spiro atoms. The van der Waals surface area contributed by atoms with E-state index in [4.69, 9.17) is 4.74 Å². The third kappa shape index (κ3) is 6.45. The molecular formula is C33H39OP. The Balaban J connectivity index is 1.19. The molecule has 1 atom stereocenters. The molecule has 182 valence electrons. The lowest BCUT2D eigenvalue weighted by Crippen LogP contribution is -2.18. The van der Waals surface area contributed by atoms with Gasteiger partial charge in [0.2, 0.25) is 0 Å². The second kappa shape index (κ2) is 12.0. The Morgan fingerprint density at radius 3 is 2.14 bits per heavy atom. The minimum atomic E-state index is 0.581. The van der Waals surface area contributed by atoms with Crippen molar-refractivity contribution in [2.75, 3.05) is 0 Å². The molecule has 0 aromatic heterocycles. The maximum Gasteiger partial charge on any atom is 0.119 e. The zero-order valence-corrected chi connectivity index (χ0v) is 21.9. The normalized spacial score (nSPS) is 21.3. The van der Waals surface area contributed by atoms with Gasteiger partial charge in [0.25, 0.3) is 0 Å². The van der Waals surface area contributed by atoms with Crippen LogP contribution < -0.4 is 4.74 Å². The first-order valence-electron chi connectivity index (χ1n) is 13.6. The smallest absolute Gasteiger partial charge is 0.119 e. The zero-order valence-electron chi connectivity index (χ0n) is 20.9. The molecule has 35 heavy (non-hydrogen) atoms. The molecule has 0 bridgehead atoms. The van der Waals surface area contributed by atoms with Crippen molar-refractivity contribution in [1.29, 1.82) is 0 Å². The van der Waals surface area contributed by atoms with Crippen molar-refractivity contribution in [3.8, 4) is 16.9 Å². The molecule has 0 radical (unpaired) electrons. The van der Waals surface area contributed by atoms with Crippen molar-refractivity contribution >= 4 is 14.7 Å². The zero-order chi connectivity index (χ0) is 23.9. The van der Waals surface area contributed by atoms with Gasteiger partial charge in [-0.1, -0.05) is 92.6 Å².